The van der Waals surface area contributed by atoms with E-state index in [9.17, 15) is 4.79 Å². The predicted molar refractivity (Wildman–Crippen MR) is 115 cm³/mol. The van der Waals surface area contributed by atoms with Gasteiger partial charge in [-0.3, -0.25) is 4.79 Å². The number of thioether (sulfide) groups is 1. The molecule has 146 valence electrons. The lowest BCUT2D eigenvalue weighted by molar-refractivity contribution is -0.120. The Morgan fingerprint density at radius 1 is 1.11 bits per heavy atom. The molecule has 0 spiro atoms. The highest BCUT2D eigenvalue weighted by atomic mass is 35.5. The van der Waals surface area contributed by atoms with Gasteiger partial charge in [-0.25, -0.2) is 0 Å². The lowest BCUT2D eigenvalue weighted by atomic mass is 9.87. The second-order valence-corrected chi connectivity index (χ2v) is 9.10. The van der Waals surface area contributed by atoms with Gasteiger partial charge >= 0.3 is 0 Å². The van der Waals surface area contributed by atoms with Crippen molar-refractivity contribution in [2.24, 2.45) is 0 Å². The number of benzene rings is 2. The molecule has 0 aliphatic rings. The highest BCUT2D eigenvalue weighted by Gasteiger charge is 2.17. The van der Waals surface area contributed by atoms with Crippen molar-refractivity contribution in [3.63, 3.8) is 0 Å². The van der Waals surface area contributed by atoms with Crippen LogP contribution in [0.5, 0.6) is 5.75 Å². The van der Waals surface area contributed by atoms with Crippen molar-refractivity contribution in [2.45, 2.75) is 49.7 Å². The minimum absolute atomic E-state index is 0.0316. The number of hydrogen-bond acceptors (Lipinski definition) is 3. The molecule has 0 aromatic heterocycles. The Morgan fingerprint density at radius 2 is 1.74 bits per heavy atom. The van der Waals surface area contributed by atoms with E-state index in [-0.39, 0.29) is 16.6 Å². The van der Waals surface area contributed by atoms with Crippen LogP contribution in [-0.4, -0.2) is 24.3 Å². The van der Waals surface area contributed by atoms with Gasteiger partial charge in [-0.1, -0.05) is 51.4 Å². The first-order valence-corrected chi connectivity index (χ1v) is 10.5. The minimum Gasteiger partial charge on any atom is -0.492 e. The third-order valence-electron chi connectivity index (χ3n) is 4.15. The lowest BCUT2D eigenvalue weighted by Gasteiger charge is -2.19. The number of nitrogens with one attached hydrogen (secondary N) is 1. The molecular weight excluding hydrogens is 378 g/mol. The average Bonchev–Trinajstić information content (AvgIpc) is 2.64. The zero-order chi connectivity index (χ0) is 19.9. The van der Waals surface area contributed by atoms with Crippen LogP contribution in [0.25, 0.3) is 0 Å². The van der Waals surface area contributed by atoms with Gasteiger partial charge in [0.05, 0.1) is 11.8 Å². The molecule has 0 radical (unpaired) electrons. The maximum Gasteiger partial charge on any atom is 0.233 e. The summed E-state index contributed by atoms with van der Waals surface area (Å²) in [4.78, 5) is 13.4. The molecule has 0 heterocycles. The van der Waals surface area contributed by atoms with Crippen LogP contribution in [0.2, 0.25) is 5.02 Å². The Bertz CT molecular complexity index is 723. The first kappa shape index (κ1) is 21.6. The van der Waals surface area contributed by atoms with E-state index in [0.717, 1.165) is 17.1 Å². The number of hydrogen-bond donors (Lipinski definition) is 1. The quantitative estimate of drug-likeness (QED) is 0.452. The van der Waals surface area contributed by atoms with Gasteiger partial charge in [0.1, 0.15) is 12.4 Å². The summed E-state index contributed by atoms with van der Waals surface area (Å²) in [6, 6.07) is 15.7. The van der Waals surface area contributed by atoms with Crippen LogP contribution in [0, 0.1) is 0 Å². The van der Waals surface area contributed by atoms with Crippen molar-refractivity contribution >= 4 is 29.3 Å². The fourth-order valence-corrected chi connectivity index (χ4v) is 3.61. The van der Waals surface area contributed by atoms with Crippen molar-refractivity contribution in [1.82, 2.24) is 5.32 Å². The summed E-state index contributed by atoms with van der Waals surface area (Å²) in [5.74, 6) is 0.851. The summed E-state index contributed by atoms with van der Waals surface area (Å²) in [5.41, 5.74) is 1.40. The maximum absolute atomic E-state index is 12.4. The molecule has 2 aromatic carbocycles. The van der Waals surface area contributed by atoms with Crippen LogP contribution in [-0.2, 0) is 10.2 Å². The monoisotopic (exact) mass is 405 g/mol. The van der Waals surface area contributed by atoms with E-state index in [4.69, 9.17) is 16.3 Å². The van der Waals surface area contributed by atoms with Crippen LogP contribution >= 0.6 is 23.4 Å². The Morgan fingerprint density at radius 3 is 2.30 bits per heavy atom. The SMILES string of the molecule is CCC(Sc1ccc(Cl)cc1)C(=O)NCCOc1ccc(C(C)(C)C)cc1. The van der Waals surface area contributed by atoms with E-state index in [2.05, 4.69) is 38.2 Å². The normalized spacial score (nSPS) is 12.5. The number of rotatable bonds is 8. The molecule has 3 nitrogen and oxygen atoms in total. The van der Waals surface area contributed by atoms with Gasteiger partial charge in [0.25, 0.3) is 0 Å². The topological polar surface area (TPSA) is 38.3 Å². The van der Waals surface area contributed by atoms with Crippen molar-refractivity contribution in [2.75, 3.05) is 13.2 Å². The van der Waals surface area contributed by atoms with Crippen LogP contribution in [0.3, 0.4) is 0 Å². The zero-order valence-corrected chi connectivity index (χ0v) is 18.0. The van der Waals surface area contributed by atoms with Crippen molar-refractivity contribution in [1.29, 1.82) is 0 Å². The van der Waals surface area contributed by atoms with Gasteiger partial charge in [-0.2, -0.15) is 0 Å². The fourth-order valence-electron chi connectivity index (χ4n) is 2.51. The standard InChI is InChI=1S/C22H28ClNO2S/c1-5-20(27-19-12-8-17(23)9-13-19)21(25)24-14-15-26-18-10-6-16(7-11-18)22(2,3)4/h6-13,20H,5,14-15H2,1-4H3,(H,24,25). The molecule has 0 fully saturated rings. The van der Waals surface area contributed by atoms with Gasteiger partial charge in [0, 0.05) is 9.92 Å². The molecule has 0 saturated heterocycles. The van der Waals surface area contributed by atoms with Gasteiger partial charge < -0.3 is 10.1 Å². The molecule has 2 rings (SSSR count). The van der Waals surface area contributed by atoms with Crippen molar-refractivity contribution in [3.8, 4) is 5.75 Å². The molecule has 1 N–H and O–H groups in total. The van der Waals surface area contributed by atoms with Gasteiger partial charge in [-0.05, 0) is 53.8 Å². The Labute approximate surface area is 171 Å². The minimum atomic E-state index is -0.128. The largest absolute Gasteiger partial charge is 0.492 e. The molecule has 2 aromatic rings. The number of amides is 1. The highest BCUT2D eigenvalue weighted by Crippen LogP contribution is 2.27. The van der Waals surface area contributed by atoms with Crippen molar-refractivity contribution in [3.05, 3.63) is 59.1 Å². The zero-order valence-electron chi connectivity index (χ0n) is 16.4. The number of carbonyl (C=O) groups is 1. The van der Waals surface area contributed by atoms with E-state index in [0.29, 0.717) is 18.2 Å². The molecule has 1 amide bonds. The van der Waals surface area contributed by atoms with Crippen molar-refractivity contribution < 1.29 is 9.53 Å². The van der Waals surface area contributed by atoms with Gasteiger partial charge in [0.15, 0.2) is 0 Å². The second kappa shape index (κ2) is 10.0. The van der Waals surface area contributed by atoms with Crippen LogP contribution in [0.15, 0.2) is 53.4 Å². The second-order valence-electron chi connectivity index (χ2n) is 7.38. The molecule has 1 atom stereocenters. The predicted octanol–water partition coefficient (Wildman–Crippen LogP) is 5.70. The Balaban J connectivity index is 1.76. The third-order valence-corrected chi connectivity index (χ3v) is 5.77. The summed E-state index contributed by atoms with van der Waals surface area (Å²) >= 11 is 7.46. The van der Waals surface area contributed by atoms with Crippen LogP contribution in [0.1, 0.15) is 39.7 Å². The number of halogens is 1. The molecule has 0 aliphatic carbocycles. The Kier molecular flexibility index (Phi) is 8.06. The molecular formula is C22H28ClNO2S. The molecule has 0 aliphatic heterocycles. The summed E-state index contributed by atoms with van der Waals surface area (Å²) in [5, 5.41) is 3.53. The maximum atomic E-state index is 12.4. The van der Waals surface area contributed by atoms with E-state index in [1.807, 2.05) is 43.3 Å². The first-order chi connectivity index (χ1) is 12.8. The fraction of sp³-hybridized carbons (Fsp3) is 0.409. The average molecular weight is 406 g/mol. The lowest BCUT2D eigenvalue weighted by Crippen LogP contribution is -2.35. The van der Waals surface area contributed by atoms with Crippen LogP contribution in [0.4, 0.5) is 0 Å². The van der Waals surface area contributed by atoms with Crippen LogP contribution < -0.4 is 10.1 Å². The summed E-state index contributed by atoms with van der Waals surface area (Å²) in [6.45, 7) is 9.50. The van der Waals surface area contributed by atoms with E-state index < -0.39 is 0 Å². The first-order valence-electron chi connectivity index (χ1n) is 9.23. The van der Waals surface area contributed by atoms with E-state index in [1.165, 1.54) is 5.56 Å². The summed E-state index contributed by atoms with van der Waals surface area (Å²) < 4.78 is 5.73. The Hall–Kier alpha value is -1.65. The summed E-state index contributed by atoms with van der Waals surface area (Å²) in [6.07, 6.45) is 0.758. The molecule has 27 heavy (non-hydrogen) atoms. The van der Waals surface area contributed by atoms with E-state index in [1.54, 1.807) is 11.8 Å². The highest BCUT2D eigenvalue weighted by molar-refractivity contribution is 8.00. The number of ether oxygens (including phenoxy) is 1. The molecule has 0 saturated carbocycles. The van der Waals surface area contributed by atoms with Gasteiger partial charge in [0.2, 0.25) is 5.91 Å². The molecule has 0 bridgehead atoms. The molecule has 1 unspecified atom stereocenters. The molecule has 5 heteroatoms. The smallest absolute Gasteiger partial charge is 0.233 e. The van der Waals surface area contributed by atoms with E-state index >= 15 is 0 Å². The summed E-state index contributed by atoms with van der Waals surface area (Å²) in [7, 11) is 0. The van der Waals surface area contributed by atoms with Gasteiger partial charge in [-0.15, -0.1) is 11.8 Å². The third kappa shape index (κ3) is 7.11. The number of carbonyl (C=O) groups excluding carboxylic acids is 1.